The van der Waals surface area contributed by atoms with Gasteiger partial charge in [-0.2, -0.15) is 4.98 Å². The Morgan fingerprint density at radius 2 is 1.97 bits per heavy atom. The van der Waals surface area contributed by atoms with Gasteiger partial charge in [-0.3, -0.25) is 4.79 Å². The maximum absolute atomic E-state index is 12.5. The van der Waals surface area contributed by atoms with E-state index in [4.69, 9.17) is 18.7 Å². The Bertz CT molecular complexity index is 1020. The number of hydrogen-bond donors (Lipinski definition) is 1. The van der Waals surface area contributed by atoms with Crippen molar-refractivity contribution in [2.45, 2.75) is 32.9 Å². The number of fused-ring (bicyclic) bond motifs is 1. The number of benzene rings is 2. The zero-order valence-corrected chi connectivity index (χ0v) is 17.5. The normalized spacial score (nSPS) is 14.3. The fraction of sp³-hybridized carbons (Fsp3) is 0.348. The third-order valence-electron chi connectivity index (χ3n) is 5.21. The summed E-state index contributed by atoms with van der Waals surface area (Å²) in [7, 11) is 0. The van der Waals surface area contributed by atoms with Crippen LogP contribution in [-0.2, 0) is 16.1 Å². The first-order chi connectivity index (χ1) is 15.1. The van der Waals surface area contributed by atoms with E-state index < -0.39 is 6.04 Å². The maximum atomic E-state index is 12.5. The molecule has 0 radical (unpaired) electrons. The van der Waals surface area contributed by atoms with Crippen molar-refractivity contribution in [2.24, 2.45) is 5.92 Å². The molecule has 3 aromatic rings. The molecule has 8 heteroatoms. The summed E-state index contributed by atoms with van der Waals surface area (Å²) in [5.41, 5.74) is 1.76. The molecule has 1 N–H and O–H groups in total. The van der Waals surface area contributed by atoms with Crippen LogP contribution in [0, 0.1) is 5.92 Å². The molecule has 2 atom stereocenters. The molecule has 0 spiro atoms. The van der Waals surface area contributed by atoms with E-state index in [1.54, 1.807) is 0 Å². The van der Waals surface area contributed by atoms with E-state index >= 15 is 0 Å². The lowest BCUT2D eigenvalue weighted by Gasteiger charge is -2.20. The largest absolute Gasteiger partial charge is 0.454 e. The van der Waals surface area contributed by atoms with Gasteiger partial charge < -0.3 is 24.1 Å². The minimum absolute atomic E-state index is 0.0506. The summed E-state index contributed by atoms with van der Waals surface area (Å²) in [6.07, 6.45) is 0.831. The average Bonchev–Trinajstić information content (AvgIpc) is 3.47. The number of rotatable bonds is 9. The topological polar surface area (TPSA) is 95.7 Å². The maximum Gasteiger partial charge on any atom is 0.249 e. The average molecular weight is 423 g/mol. The first-order valence-corrected chi connectivity index (χ1v) is 10.3. The number of nitrogens with zero attached hydrogens (tertiary/aromatic N) is 2. The van der Waals surface area contributed by atoms with Crippen LogP contribution >= 0.6 is 0 Å². The number of carbonyl (C=O) groups is 1. The predicted molar refractivity (Wildman–Crippen MR) is 112 cm³/mol. The summed E-state index contributed by atoms with van der Waals surface area (Å²) in [6.45, 7) is 4.60. The number of aromatic nitrogens is 2. The summed E-state index contributed by atoms with van der Waals surface area (Å²) < 4.78 is 21.8. The van der Waals surface area contributed by atoms with E-state index in [0.29, 0.717) is 29.8 Å². The molecule has 0 fully saturated rings. The molecule has 2 heterocycles. The zero-order valence-electron chi connectivity index (χ0n) is 17.5. The highest BCUT2D eigenvalue weighted by molar-refractivity contribution is 5.77. The zero-order chi connectivity index (χ0) is 21.6. The summed E-state index contributed by atoms with van der Waals surface area (Å²) in [4.78, 5) is 17.0. The third-order valence-corrected chi connectivity index (χ3v) is 5.21. The van der Waals surface area contributed by atoms with Crippen molar-refractivity contribution in [3.63, 3.8) is 0 Å². The van der Waals surface area contributed by atoms with Gasteiger partial charge in [-0.15, -0.1) is 0 Å². The fourth-order valence-electron chi connectivity index (χ4n) is 3.25. The van der Waals surface area contributed by atoms with E-state index in [1.165, 1.54) is 0 Å². The van der Waals surface area contributed by atoms with Gasteiger partial charge in [0.25, 0.3) is 0 Å². The minimum atomic E-state index is -0.409. The SMILES string of the molecule is CCC(C)C(NC(=O)COCc1ccccc1)c1nc(-c2ccc3c(c2)OCO3)no1. The van der Waals surface area contributed by atoms with Crippen LogP contribution in [0.1, 0.15) is 37.8 Å². The van der Waals surface area contributed by atoms with E-state index in [9.17, 15) is 4.79 Å². The molecule has 0 saturated carbocycles. The van der Waals surface area contributed by atoms with Crippen molar-refractivity contribution >= 4 is 5.91 Å². The summed E-state index contributed by atoms with van der Waals surface area (Å²) in [5, 5.41) is 7.07. The lowest BCUT2D eigenvalue weighted by atomic mass is 9.99. The van der Waals surface area contributed by atoms with Crippen LogP contribution in [0.25, 0.3) is 11.4 Å². The molecule has 1 amide bonds. The fourth-order valence-corrected chi connectivity index (χ4v) is 3.25. The quantitative estimate of drug-likeness (QED) is 0.558. The van der Waals surface area contributed by atoms with Gasteiger partial charge >= 0.3 is 0 Å². The second-order valence-electron chi connectivity index (χ2n) is 7.43. The van der Waals surface area contributed by atoms with Crippen LogP contribution in [-0.4, -0.2) is 29.4 Å². The molecule has 0 bridgehead atoms. The van der Waals surface area contributed by atoms with Crippen molar-refractivity contribution in [3.05, 3.63) is 60.0 Å². The van der Waals surface area contributed by atoms with Crippen molar-refractivity contribution in [1.29, 1.82) is 0 Å². The number of amides is 1. The minimum Gasteiger partial charge on any atom is -0.454 e. The van der Waals surface area contributed by atoms with E-state index in [0.717, 1.165) is 17.5 Å². The Hall–Kier alpha value is -3.39. The lowest BCUT2D eigenvalue weighted by molar-refractivity contribution is -0.127. The first-order valence-electron chi connectivity index (χ1n) is 10.3. The molecule has 4 rings (SSSR count). The highest BCUT2D eigenvalue weighted by atomic mass is 16.7. The van der Waals surface area contributed by atoms with Gasteiger partial charge in [0.2, 0.25) is 24.4 Å². The Kier molecular flexibility index (Phi) is 6.47. The Morgan fingerprint density at radius 3 is 2.77 bits per heavy atom. The van der Waals surface area contributed by atoms with Crippen LogP contribution in [0.15, 0.2) is 53.1 Å². The molecule has 1 aromatic heterocycles. The molecule has 31 heavy (non-hydrogen) atoms. The number of hydrogen-bond acceptors (Lipinski definition) is 7. The van der Waals surface area contributed by atoms with Gasteiger partial charge in [0.05, 0.1) is 6.61 Å². The Balaban J connectivity index is 1.41. The molecule has 8 nitrogen and oxygen atoms in total. The molecule has 0 aliphatic carbocycles. The molecule has 1 aliphatic heterocycles. The van der Waals surface area contributed by atoms with Gasteiger partial charge in [-0.05, 0) is 29.7 Å². The van der Waals surface area contributed by atoms with Crippen LogP contribution in [0.5, 0.6) is 11.5 Å². The molecule has 162 valence electrons. The summed E-state index contributed by atoms with van der Waals surface area (Å²) in [6, 6.07) is 14.8. The van der Waals surface area contributed by atoms with Crippen molar-refractivity contribution in [2.75, 3.05) is 13.4 Å². The predicted octanol–water partition coefficient (Wildman–Crippen LogP) is 3.89. The number of ether oxygens (including phenoxy) is 3. The molecular weight excluding hydrogens is 398 g/mol. The molecule has 2 aromatic carbocycles. The van der Waals surface area contributed by atoms with Gasteiger partial charge in [-0.1, -0.05) is 55.8 Å². The van der Waals surface area contributed by atoms with Crippen LogP contribution < -0.4 is 14.8 Å². The molecule has 0 saturated heterocycles. The van der Waals surface area contributed by atoms with E-state index in [-0.39, 0.29) is 25.2 Å². The lowest BCUT2D eigenvalue weighted by Crippen LogP contribution is -2.35. The summed E-state index contributed by atoms with van der Waals surface area (Å²) >= 11 is 0. The Morgan fingerprint density at radius 1 is 1.16 bits per heavy atom. The van der Waals surface area contributed by atoms with Crippen molar-refractivity contribution in [1.82, 2.24) is 15.5 Å². The third kappa shape index (κ3) is 5.03. The van der Waals surface area contributed by atoms with Gasteiger partial charge in [0.1, 0.15) is 12.6 Å². The standard InChI is InChI=1S/C23H25N3O5/c1-3-15(2)21(24-20(27)13-28-12-16-7-5-4-6-8-16)23-25-22(26-31-23)17-9-10-18-19(11-17)30-14-29-18/h4-11,15,21H,3,12-14H2,1-2H3,(H,24,27). The highest BCUT2D eigenvalue weighted by Crippen LogP contribution is 2.35. The molecule has 2 unspecified atom stereocenters. The molecular formula is C23H25N3O5. The second kappa shape index (κ2) is 9.61. The monoisotopic (exact) mass is 423 g/mol. The van der Waals surface area contributed by atoms with E-state index in [1.807, 2.05) is 62.4 Å². The molecule has 1 aliphatic rings. The number of carbonyl (C=O) groups excluding carboxylic acids is 1. The van der Waals surface area contributed by atoms with Gasteiger partial charge in [0.15, 0.2) is 11.5 Å². The van der Waals surface area contributed by atoms with Crippen molar-refractivity contribution in [3.8, 4) is 22.9 Å². The van der Waals surface area contributed by atoms with Crippen molar-refractivity contribution < 1.29 is 23.5 Å². The van der Waals surface area contributed by atoms with Gasteiger partial charge in [0, 0.05) is 5.56 Å². The smallest absolute Gasteiger partial charge is 0.249 e. The summed E-state index contributed by atoms with van der Waals surface area (Å²) in [5.74, 6) is 1.99. The second-order valence-corrected chi connectivity index (χ2v) is 7.43. The highest BCUT2D eigenvalue weighted by Gasteiger charge is 2.27. The van der Waals surface area contributed by atoms with Crippen LogP contribution in [0.2, 0.25) is 0 Å². The van der Waals surface area contributed by atoms with Crippen LogP contribution in [0.3, 0.4) is 0 Å². The first kappa shape index (κ1) is 20.9. The number of nitrogens with one attached hydrogen (secondary N) is 1. The van der Waals surface area contributed by atoms with E-state index in [2.05, 4.69) is 15.5 Å². The van der Waals surface area contributed by atoms with Crippen LogP contribution in [0.4, 0.5) is 0 Å². The Labute approximate surface area is 180 Å². The van der Waals surface area contributed by atoms with Gasteiger partial charge in [-0.25, -0.2) is 0 Å².